The van der Waals surface area contributed by atoms with Gasteiger partial charge in [0.2, 0.25) is 0 Å². The van der Waals surface area contributed by atoms with Crippen molar-refractivity contribution < 1.29 is 27.1 Å². The molecule has 1 heterocycles. The summed E-state index contributed by atoms with van der Waals surface area (Å²) in [5, 5.41) is 2.70. The summed E-state index contributed by atoms with van der Waals surface area (Å²) in [4.78, 5) is 12.5. The highest BCUT2D eigenvalue weighted by atomic mass is 32.2. The van der Waals surface area contributed by atoms with Gasteiger partial charge in [-0.15, -0.1) is 0 Å². The van der Waals surface area contributed by atoms with Crippen LogP contribution in [0.25, 0.3) is 0 Å². The molecule has 166 valence electrons. The van der Waals surface area contributed by atoms with E-state index in [-0.39, 0.29) is 28.5 Å². The number of rotatable bonds is 6. The van der Waals surface area contributed by atoms with Gasteiger partial charge in [0.25, 0.3) is 15.9 Å². The third kappa shape index (κ3) is 4.83. The van der Waals surface area contributed by atoms with Gasteiger partial charge in [-0.25, -0.2) is 12.8 Å². The molecule has 0 unspecified atom stereocenters. The molecule has 0 saturated heterocycles. The number of ether oxygens (including phenoxy) is 2. The minimum Gasteiger partial charge on any atom is -0.486 e. The maximum atomic E-state index is 13.7. The Bertz CT molecular complexity index is 1280. The molecule has 1 amide bonds. The average Bonchev–Trinajstić information content (AvgIpc) is 2.79. The van der Waals surface area contributed by atoms with Gasteiger partial charge >= 0.3 is 0 Å². The average molecular weight is 456 g/mol. The van der Waals surface area contributed by atoms with Crippen molar-refractivity contribution in [2.75, 3.05) is 17.9 Å². The van der Waals surface area contributed by atoms with E-state index in [2.05, 4.69) is 10.0 Å². The van der Waals surface area contributed by atoms with Crippen molar-refractivity contribution in [3.05, 3.63) is 83.2 Å². The highest BCUT2D eigenvalue weighted by molar-refractivity contribution is 7.92. The summed E-state index contributed by atoms with van der Waals surface area (Å²) in [7, 11) is -3.91. The number of nitrogens with one attached hydrogen (secondary N) is 2. The van der Waals surface area contributed by atoms with Crippen molar-refractivity contribution in [1.29, 1.82) is 0 Å². The fraction of sp³-hybridized carbons (Fsp3) is 0.174. The van der Waals surface area contributed by atoms with E-state index in [0.29, 0.717) is 35.8 Å². The zero-order valence-corrected chi connectivity index (χ0v) is 18.0. The first-order valence-electron chi connectivity index (χ1n) is 9.87. The van der Waals surface area contributed by atoms with Gasteiger partial charge < -0.3 is 14.8 Å². The van der Waals surface area contributed by atoms with Crippen molar-refractivity contribution in [2.45, 2.75) is 18.4 Å². The van der Waals surface area contributed by atoms with Crippen LogP contribution in [0.3, 0.4) is 0 Å². The Balaban J connectivity index is 1.46. The Morgan fingerprint density at radius 2 is 1.78 bits per heavy atom. The number of carbonyl (C=O) groups is 1. The van der Waals surface area contributed by atoms with E-state index < -0.39 is 15.9 Å². The third-order valence-corrected chi connectivity index (χ3v) is 6.27. The number of carbonyl (C=O) groups excluding carboxylic acids is 1. The first kappa shape index (κ1) is 21.6. The summed E-state index contributed by atoms with van der Waals surface area (Å²) in [5.74, 6) is 0.0979. The first-order chi connectivity index (χ1) is 15.3. The van der Waals surface area contributed by atoms with Gasteiger partial charge in [0.15, 0.2) is 11.5 Å². The summed E-state index contributed by atoms with van der Waals surface area (Å²) >= 11 is 0. The molecule has 0 fully saturated rings. The van der Waals surface area contributed by atoms with Gasteiger partial charge in [0, 0.05) is 23.9 Å². The summed E-state index contributed by atoms with van der Waals surface area (Å²) in [5.41, 5.74) is 1.64. The predicted octanol–water partition coefficient (Wildman–Crippen LogP) is 3.64. The Labute approximate surface area is 185 Å². The molecule has 2 N–H and O–H groups in total. The van der Waals surface area contributed by atoms with E-state index in [1.165, 1.54) is 24.3 Å². The normalized spacial score (nSPS) is 12.8. The monoisotopic (exact) mass is 456 g/mol. The van der Waals surface area contributed by atoms with Crippen LogP contribution >= 0.6 is 0 Å². The molecule has 1 aliphatic heterocycles. The SMILES string of the molecule is Cc1ccc(CNC(=O)c2cccc(NS(=O)(=O)c3ccc4c(c3)OCCO4)c2)cc1F. The topological polar surface area (TPSA) is 93.7 Å². The highest BCUT2D eigenvalue weighted by Crippen LogP contribution is 2.32. The lowest BCUT2D eigenvalue weighted by atomic mass is 10.1. The standard InChI is InChI=1S/C23H21FN2O5S/c1-15-5-6-16(11-20(15)24)14-25-23(27)17-3-2-4-18(12-17)26-32(28,29)19-7-8-21-22(13-19)31-10-9-30-21/h2-8,11-13,26H,9-10,14H2,1H3,(H,25,27). The molecule has 0 aliphatic carbocycles. The summed E-state index contributed by atoms with van der Waals surface area (Å²) in [6.07, 6.45) is 0. The Hall–Kier alpha value is -3.59. The lowest BCUT2D eigenvalue weighted by Gasteiger charge is -2.19. The number of hydrogen-bond donors (Lipinski definition) is 2. The molecule has 0 aromatic heterocycles. The molecule has 9 heteroatoms. The predicted molar refractivity (Wildman–Crippen MR) is 117 cm³/mol. The van der Waals surface area contributed by atoms with Crippen LogP contribution in [0, 0.1) is 12.7 Å². The van der Waals surface area contributed by atoms with Crippen molar-refractivity contribution in [1.82, 2.24) is 5.32 Å². The van der Waals surface area contributed by atoms with E-state index >= 15 is 0 Å². The van der Waals surface area contributed by atoms with Crippen LogP contribution in [0.2, 0.25) is 0 Å². The number of amides is 1. The quantitative estimate of drug-likeness (QED) is 0.591. The van der Waals surface area contributed by atoms with Gasteiger partial charge in [0.1, 0.15) is 19.0 Å². The fourth-order valence-electron chi connectivity index (χ4n) is 3.16. The second-order valence-corrected chi connectivity index (χ2v) is 8.94. The largest absolute Gasteiger partial charge is 0.486 e. The number of aryl methyl sites for hydroxylation is 1. The van der Waals surface area contributed by atoms with Crippen LogP contribution < -0.4 is 19.5 Å². The van der Waals surface area contributed by atoms with Crippen LogP contribution in [-0.2, 0) is 16.6 Å². The zero-order chi connectivity index (χ0) is 22.7. The smallest absolute Gasteiger partial charge is 0.262 e. The van der Waals surface area contributed by atoms with Crippen LogP contribution in [0.1, 0.15) is 21.5 Å². The van der Waals surface area contributed by atoms with E-state index in [0.717, 1.165) is 0 Å². The van der Waals surface area contributed by atoms with Crippen LogP contribution in [-0.4, -0.2) is 27.5 Å². The third-order valence-electron chi connectivity index (χ3n) is 4.89. The summed E-state index contributed by atoms with van der Waals surface area (Å²) < 4.78 is 52.6. The van der Waals surface area contributed by atoms with Gasteiger partial charge in [-0.3, -0.25) is 9.52 Å². The van der Waals surface area contributed by atoms with Gasteiger partial charge in [-0.1, -0.05) is 18.2 Å². The van der Waals surface area contributed by atoms with Crippen molar-refractivity contribution in [3.8, 4) is 11.5 Å². The molecule has 32 heavy (non-hydrogen) atoms. The molecule has 0 spiro atoms. The molecule has 0 saturated carbocycles. The molecule has 3 aromatic rings. The number of hydrogen-bond acceptors (Lipinski definition) is 5. The number of fused-ring (bicyclic) bond motifs is 1. The molecule has 1 aliphatic rings. The zero-order valence-electron chi connectivity index (χ0n) is 17.2. The lowest BCUT2D eigenvalue weighted by Crippen LogP contribution is -2.23. The van der Waals surface area contributed by atoms with Crippen LogP contribution in [0.5, 0.6) is 11.5 Å². The molecular formula is C23H21FN2O5S. The molecule has 0 atom stereocenters. The molecule has 4 rings (SSSR count). The Morgan fingerprint density at radius 1 is 1.00 bits per heavy atom. The van der Waals surface area contributed by atoms with Crippen LogP contribution in [0.4, 0.5) is 10.1 Å². The molecule has 7 nitrogen and oxygen atoms in total. The molecular weight excluding hydrogens is 435 g/mol. The number of halogens is 1. The van der Waals surface area contributed by atoms with E-state index in [9.17, 15) is 17.6 Å². The van der Waals surface area contributed by atoms with Gasteiger partial charge in [-0.05, 0) is 54.4 Å². The fourth-order valence-corrected chi connectivity index (χ4v) is 4.22. The van der Waals surface area contributed by atoms with Gasteiger partial charge in [0.05, 0.1) is 4.90 Å². The van der Waals surface area contributed by atoms with E-state index in [1.807, 2.05) is 0 Å². The lowest BCUT2D eigenvalue weighted by molar-refractivity contribution is 0.0951. The van der Waals surface area contributed by atoms with Crippen molar-refractivity contribution in [3.63, 3.8) is 0 Å². The van der Waals surface area contributed by atoms with E-state index in [4.69, 9.17) is 9.47 Å². The van der Waals surface area contributed by atoms with Crippen molar-refractivity contribution >= 4 is 21.6 Å². The number of anilines is 1. The first-order valence-corrected chi connectivity index (χ1v) is 11.4. The van der Waals surface area contributed by atoms with Crippen molar-refractivity contribution in [2.24, 2.45) is 0 Å². The van der Waals surface area contributed by atoms with Crippen LogP contribution in [0.15, 0.2) is 65.6 Å². The molecule has 3 aromatic carbocycles. The summed E-state index contributed by atoms with van der Waals surface area (Å²) in [6.45, 7) is 2.56. The molecule has 0 bridgehead atoms. The second-order valence-electron chi connectivity index (χ2n) is 7.26. The van der Waals surface area contributed by atoms with Gasteiger partial charge in [-0.2, -0.15) is 0 Å². The maximum Gasteiger partial charge on any atom is 0.262 e. The highest BCUT2D eigenvalue weighted by Gasteiger charge is 2.20. The second kappa shape index (κ2) is 8.88. The Morgan fingerprint density at radius 3 is 2.56 bits per heavy atom. The molecule has 0 radical (unpaired) electrons. The minimum atomic E-state index is -3.91. The summed E-state index contributed by atoms with van der Waals surface area (Å²) in [6, 6.07) is 15.2. The van der Waals surface area contributed by atoms with E-state index in [1.54, 1.807) is 43.3 Å². The minimum absolute atomic E-state index is 0.0120. The Kier molecular flexibility index (Phi) is 6.00. The maximum absolute atomic E-state index is 13.7. The number of benzene rings is 3. The number of sulfonamides is 1.